The molecule has 0 radical (unpaired) electrons. The average Bonchev–Trinajstić information content (AvgIpc) is 2.58. The molecule has 0 bridgehead atoms. The maximum absolute atomic E-state index is 11.6. The van der Waals surface area contributed by atoms with Crippen molar-refractivity contribution >= 4 is 11.8 Å². The maximum Gasteiger partial charge on any atom is 0.242 e. The Labute approximate surface area is 88.8 Å². The van der Waals surface area contributed by atoms with Crippen molar-refractivity contribution in [3.8, 4) is 0 Å². The first-order valence-electron chi connectivity index (χ1n) is 5.45. The van der Waals surface area contributed by atoms with E-state index in [-0.39, 0.29) is 23.4 Å². The number of hydrogen-bond acceptors (Lipinski definition) is 3. The molecule has 2 amide bonds. The molecule has 2 aliphatic rings. The van der Waals surface area contributed by atoms with Gasteiger partial charge in [0, 0.05) is 18.5 Å². The van der Waals surface area contributed by atoms with Crippen LogP contribution < -0.4 is 16.4 Å². The molecule has 4 N–H and O–H groups in total. The summed E-state index contributed by atoms with van der Waals surface area (Å²) in [4.78, 5) is 22.5. The van der Waals surface area contributed by atoms with Gasteiger partial charge in [0.05, 0.1) is 0 Å². The molecule has 1 saturated heterocycles. The Morgan fingerprint density at radius 1 is 1.60 bits per heavy atom. The first kappa shape index (κ1) is 10.4. The number of hydrogen-bond donors (Lipinski definition) is 3. The number of carbonyl (C=O) groups excluding carboxylic acids is 2. The van der Waals surface area contributed by atoms with Gasteiger partial charge in [-0.3, -0.25) is 9.59 Å². The zero-order valence-corrected chi connectivity index (χ0v) is 8.71. The fourth-order valence-corrected chi connectivity index (χ4v) is 2.00. The van der Waals surface area contributed by atoms with Crippen LogP contribution in [0.25, 0.3) is 0 Å². The van der Waals surface area contributed by atoms with Crippen LogP contribution in [0.15, 0.2) is 0 Å². The molecule has 5 nitrogen and oxygen atoms in total. The zero-order chi connectivity index (χ0) is 10.9. The molecule has 1 aliphatic heterocycles. The van der Waals surface area contributed by atoms with Crippen LogP contribution in [-0.2, 0) is 9.59 Å². The molecule has 0 aromatic rings. The first-order valence-corrected chi connectivity index (χ1v) is 5.45. The summed E-state index contributed by atoms with van der Waals surface area (Å²) in [6.45, 7) is 0.526. The number of rotatable bonds is 3. The van der Waals surface area contributed by atoms with Gasteiger partial charge in [0.25, 0.3) is 0 Å². The van der Waals surface area contributed by atoms with Crippen LogP contribution in [0, 0.1) is 0 Å². The Morgan fingerprint density at radius 2 is 2.33 bits per heavy atom. The second-order valence-corrected chi connectivity index (χ2v) is 4.59. The van der Waals surface area contributed by atoms with Crippen molar-refractivity contribution < 1.29 is 9.59 Å². The molecule has 0 aromatic heterocycles. The Balaban J connectivity index is 1.75. The minimum Gasteiger partial charge on any atom is -0.352 e. The summed E-state index contributed by atoms with van der Waals surface area (Å²) < 4.78 is 0. The lowest BCUT2D eigenvalue weighted by atomic mass is 9.78. The standard InChI is InChI=1S/C10H17N3O2/c11-10(4-1-5-10)6-12-9(15)7-2-3-8(14)13-7/h7H,1-6,11H2,(H,12,15)(H,13,14)/t7-/m1/s1. The van der Waals surface area contributed by atoms with Crippen molar-refractivity contribution in [3.63, 3.8) is 0 Å². The highest BCUT2D eigenvalue weighted by molar-refractivity contribution is 5.90. The predicted molar refractivity (Wildman–Crippen MR) is 54.9 cm³/mol. The molecule has 2 rings (SSSR count). The van der Waals surface area contributed by atoms with E-state index >= 15 is 0 Å². The fraction of sp³-hybridized carbons (Fsp3) is 0.800. The Morgan fingerprint density at radius 3 is 2.80 bits per heavy atom. The van der Waals surface area contributed by atoms with Gasteiger partial charge >= 0.3 is 0 Å². The molecular formula is C10H17N3O2. The van der Waals surface area contributed by atoms with Crippen LogP contribution in [0.2, 0.25) is 0 Å². The van der Waals surface area contributed by atoms with Crippen molar-refractivity contribution in [3.05, 3.63) is 0 Å². The Kier molecular flexibility index (Phi) is 2.65. The first-order chi connectivity index (χ1) is 7.09. The molecule has 1 heterocycles. The van der Waals surface area contributed by atoms with Gasteiger partial charge < -0.3 is 16.4 Å². The predicted octanol–water partition coefficient (Wildman–Crippen LogP) is -0.737. The average molecular weight is 211 g/mol. The van der Waals surface area contributed by atoms with E-state index < -0.39 is 0 Å². The van der Waals surface area contributed by atoms with Crippen LogP contribution in [0.4, 0.5) is 0 Å². The molecule has 1 atom stereocenters. The van der Waals surface area contributed by atoms with Crippen molar-refractivity contribution in [1.29, 1.82) is 0 Å². The summed E-state index contributed by atoms with van der Waals surface area (Å²) in [5.74, 6) is -0.140. The lowest BCUT2D eigenvalue weighted by molar-refractivity contribution is -0.126. The highest BCUT2D eigenvalue weighted by Gasteiger charge is 2.34. The molecule has 1 saturated carbocycles. The highest BCUT2D eigenvalue weighted by atomic mass is 16.2. The smallest absolute Gasteiger partial charge is 0.242 e. The van der Waals surface area contributed by atoms with Gasteiger partial charge in [0.1, 0.15) is 6.04 Å². The van der Waals surface area contributed by atoms with Gasteiger partial charge in [-0.2, -0.15) is 0 Å². The van der Waals surface area contributed by atoms with Crippen LogP contribution in [-0.4, -0.2) is 29.9 Å². The summed E-state index contributed by atoms with van der Waals surface area (Å²) in [6, 6.07) is -0.346. The summed E-state index contributed by atoms with van der Waals surface area (Å²) in [6.07, 6.45) is 4.15. The molecule has 0 aromatic carbocycles. The second kappa shape index (κ2) is 3.81. The summed E-state index contributed by atoms with van der Waals surface area (Å²) >= 11 is 0. The van der Waals surface area contributed by atoms with E-state index in [1.54, 1.807) is 0 Å². The lowest BCUT2D eigenvalue weighted by Crippen LogP contribution is -2.56. The van der Waals surface area contributed by atoms with E-state index in [1.807, 2.05) is 0 Å². The minimum atomic E-state index is -0.346. The van der Waals surface area contributed by atoms with Crippen molar-refractivity contribution in [2.75, 3.05) is 6.54 Å². The van der Waals surface area contributed by atoms with E-state index in [1.165, 1.54) is 0 Å². The van der Waals surface area contributed by atoms with Gasteiger partial charge in [-0.1, -0.05) is 0 Å². The van der Waals surface area contributed by atoms with Crippen molar-refractivity contribution in [1.82, 2.24) is 10.6 Å². The number of amides is 2. The van der Waals surface area contributed by atoms with E-state index in [9.17, 15) is 9.59 Å². The number of nitrogens with two attached hydrogens (primary N) is 1. The van der Waals surface area contributed by atoms with Gasteiger partial charge in [-0.15, -0.1) is 0 Å². The molecule has 0 unspecified atom stereocenters. The molecule has 1 aliphatic carbocycles. The maximum atomic E-state index is 11.6. The van der Waals surface area contributed by atoms with E-state index in [4.69, 9.17) is 5.73 Å². The van der Waals surface area contributed by atoms with Crippen LogP contribution in [0.1, 0.15) is 32.1 Å². The SMILES string of the molecule is NC1(CNC(=O)[C@H]2CCC(=O)N2)CCC1. The summed E-state index contributed by atoms with van der Waals surface area (Å²) in [7, 11) is 0. The normalized spacial score (nSPS) is 28.1. The Hall–Kier alpha value is -1.10. The van der Waals surface area contributed by atoms with Gasteiger partial charge in [0.2, 0.25) is 11.8 Å². The van der Waals surface area contributed by atoms with E-state index in [0.717, 1.165) is 19.3 Å². The third kappa shape index (κ3) is 2.28. The molecule has 5 heteroatoms. The van der Waals surface area contributed by atoms with E-state index in [2.05, 4.69) is 10.6 Å². The second-order valence-electron chi connectivity index (χ2n) is 4.59. The monoisotopic (exact) mass is 211 g/mol. The third-order valence-corrected chi connectivity index (χ3v) is 3.28. The van der Waals surface area contributed by atoms with Crippen molar-refractivity contribution in [2.45, 2.75) is 43.7 Å². The lowest BCUT2D eigenvalue weighted by Gasteiger charge is -2.38. The highest BCUT2D eigenvalue weighted by Crippen LogP contribution is 2.28. The molecule has 2 fully saturated rings. The minimum absolute atomic E-state index is 0.0405. The number of carbonyl (C=O) groups is 2. The summed E-state index contributed by atoms with van der Waals surface area (Å²) in [5.41, 5.74) is 5.78. The summed E-state index contributed by atoms with van der Waals surface area (Å²) in [5, 5.41) is 5.44. The van der Waals surface area contributed by atoms with Gasteiger partial charge in [-0.05, 0) is 25.7 Å². The molecular weight excluding hydrogens is 194 g/mol. The van der Waals surface area contributed by atoms with Crippen LogP contribution >= 0.6 is 0 Å². The topological polar surface area (TPSA) is 84.2 Å². The quantitative estimate of drug-likeness (QED) is 0.575. The van der Waals surface area contributed by atoms with Gasteiger partial charge in [0.15, 0.2) is 0 Å². The largest absolute Gasteiger partial charge is 0.352 e. The third-order valence-electron chi connectivity index (χ3n) is 3.28. The van der Waals surface area contributed by atoms with Crippen molar-refractivity contribution in [2.24, 2.45) is 5.73 Å². The fourth-order valence-electron chi connectivity index (χ4n) is 2.00. The number of nitrogens with one attached hydrogen (secondary N) is 2. The van der Waals surface area contributed by atoms with Crippen LogP contribution in [0.3, 0.4) is 0 Å². The van der Waals surface area contributed by atoms with Gasteiger partial charge in [-0.25, -0.2) is 0 Å². The van der Waals surface area contributed by atoms with E-state index in [0.29, 0.717) is 19.4 Å². The zero-order valence-electron chi connectivity index (χ0n) is 8.71. The molecule has 15 heavy (non-hydrogen) atoms. The Bertz CT molecular complexity index is 286. The molecule has 0 spiro atoms. The molecule has 84 valence electrons. The van der Waals surface area contributed by atoms with Crippen LogP contribution in [0.5, 0.6) is 0 Å².